The van der Waals surface area contributed by atoms with Gasteiger partial charge in [0.2, 0.25) is 0 Å². The lowest BCUT2D eigenvalue weighted by Gasteiger charge is -2.26. The minimum absolute atomic E-state index is 0.946. The molecule has 0 bridgehead atoms. The highest BCUT2D eigenvalue weighted by Gasteiger charge is 2.14. The molecule has 18 heavy (non-hydrogen) atoms. The highest BCUT2D eigenvalue weighted by atomic mass is 15.4. The summed E-state index contributed by atoms with van der Waals surface area (Å²) in [5, 5.41) is 8.24. The fourth-order valence-electron chi connectivity index (χ4n) is 2.50. The van der Waals surface area contributed by atoms with E-state index in [9.17, 15) is 0 Å². The van der Waals surface area contributed by atoms with Crippen LogP contribution < -0.4 is 0 Å². The van der Waals surface area contributed by atoms with Crippen molar-refractivity contribution < 1.29 is 0 Å². The van der Waals surface area contributed by atoms with Crippen molar-refractivity contribution in [1.29, 1.82) is 0 Å². The average molecular weight is 242 g/mol. The SMILES string of the molecule is c1ccc(-n2nncc2CN2CCCCC2)cc1. The maximum atomic E-state index is 4.19. The number of rotatable bonds is 3. The molecule has 0 N–H and O–H groups in total. The minimum atomic E-state index is 0.946. The molecule has 2 heterocycles. The highest BCUT2D eigenvalue weighted by Crippen LogP contribution is 2.14. The van der Waals surface area contributed by atoms with E-state index in [0.29, 0.717) is 0 Å². The predicted octanol–water partition coefficient (Wildman–Crippen LogP) is 2.25. The quantitative estimate of drug-likeness (QED) is 0.828. The molecule has 4 nitrogen and oxygen atoms in total. The van der Waals surface area contributed by atoms with Crippen molar-refractivity contribution in [3.05, 3.63) is 42.2 Å². The van der Waals surface area contributed by atoms with Gasteiger partial charge in [0.05, 0.1) is 17.6 Å². The van der Waals surface area contributed by atoms with Gasteiger partial charge in [-0.2, -0.15) is 0 Å². The van der Waals surface area contributed by atoms with Crippen LogP contribution in [0.3, 0.4) is 0 Å². The molecule has 0 aliphatic carbocycles. The average Bonchev–Trinajstić information content (AvgIpc) is 2.89. The molecule has 4 heteroatoms. The zero-order valence-electron chi connectivity index (χ0n) is 10.5. The van der Waals surface area contributed by atoms with E-state index in [0.717, 1.165) is 12.2 Å². The molecule has 2 aromatic rings. The summed E-state index contributed by atoms with van der Waals surface area (Å²) < 4.78 is 1.94. The number of hydrogen-bond donors (Lipinski definition) is 0. The second-order valence-electron chi connectivity index (χ2n) is 4.81. The number of benzene rings is 1. The zero-order valence-corrected chi connectivity index (χ0v) is 10.5. The van der Waals surface area contributed by atoms with E-state index in [1.165, 1.54) is 38.0 Å². The summed E-state index contributed by atoms with van der Waals surface area (Å²) >= 11 is 0. The normalized spacial score (nSPS) is 16.9. The standard InChI is InChI=1S/C14H18N4/c1-3-7-13(8-4-1)18-14(11-15-16-18)12-17-9-5-2-6-10-17/h1,3-4,7-8,11H,2,5-6,9-10,12H2. The molecule has 0 radical (unpaired) electrons. The molecule has 0 spiro atoms. The summed E-state index contributed by atoms with van der Waals surface area (Å²) in [7, 11) is 0. The first-order valence-corrected chi connectivity index (χ1v) is 6.61. The van der Waals surface area contributed by atoms with E-state index in [4.69, 9.17) is 0 Å². The van der Waals surface area contributed by atoms with Crippen molar-refractivity contribution in [2.75, 3.05) is 13.1 Å². The molecule has 1 aliphatic rings. The van der Waals surface area contributed by atoms with E-state index in [-0.39, 0.29) is 0 Å². The van der Waals surface area contributed by atoms with Crippen molar-refractivity contribution in [1.82, 2.24) is 19.9 Å². The molecule has 0 saturated carbocycles. The summed E-state index contributed by atoms with van der Waals surface area (Å²) in [6, 6.07) is 10.2. The van der Waals surface area contributed by atoms with Crippen LogP contribution in [-0.4, -0.2) is 33.0 Å². The number of nitrogens with zero attached hydrogens (tertiary/aromatic N) is 4. The topological polar surface area (TPSA) is 34.0 Å². The molecular weight excluding hydrogens is 224 g/mol. The van der Waals surface area contributed by atoms with Gasteiger partial charge in [0, 0.05) is 6.54 Å². The van der Waals surface area contributed by atoms with Gasteiger partial charge in [-0.05, 0) is 38.1 Å². The van der Waals surface area contributed by atoms with Crippen molar-refractivity contribution in [3.63, 3.8) is 0 Å². The first-order valence-electron chi connectivity index (χ1n) is 6.61. The molecule has 1 aliphatic heterocycles. The highest BCUT2D eigenvalue weighted by molar-refractivity contribution is 5.31. The number of hydrogen-bond acceptors (Lipinski definition) is 3. The molecule has 94 valence electrons. The van der Waals surface area contributed by atoms with Gasteiger partial charge >= 0.3 is 0 Å². The Morgan fingerprint density at radius 3 is 2.56 bits per heavy atom. The molecule has 1 saturated heterocycles. The van der Waals surface area contributed by atoms with E-state index >= 15 is 0 Å². The first-order chi connectivity index (χ1) is 8.93. The molecule has 0 atom stereocenters. The third kappa shape index (κ3) is 2.43. The minimum Gasteiger partial charge on any atom is -0.297 e. The summed E-state index contributed by atoms with van der Waals surface area (Å²) in [5.74, 6) is 0. The van der Waals surface area contributed by atoms with Crippen LogP contribution in [0.15, 0.2) is 36.5 Å². The molecule has 1 aromatic carbocycles. The van der Waals surface area contributed by atoms with Gasteiger partial charge < -0.3 is 0 Å². The van der Waals surface area contributed by atoms with Gasteiger partial charge in [-0.15, -0.1) is 5.10 Å². The van der Waals surface area contributed by atoms with Crippen LogP contribution in [0.25, 0.3) is 5.69 Å². The Hall–Kier alpha value is -1.68. The summed E-state index contributed by atoms with van der Waals surface area (Å²) in [4.78, 5) is 2.49. The number of likely N-dealkylation sites (tertiary alicyclic amines) is 1. The molecule has 1 aromatic heterocycles. The largest absolute Gasteiger partial charge is 0.297 e. The lowest BCUT2D eigenvalue weighted by atomic mass is 10.1. The second kappa shape index (κ2) is 5.31. The van der Waals surface area contributed by atoms with Gasteiger partial charge in [-0.3, -0.25) is 4.90 Å². The zero-order chi connectivity index (χ0) is 12.2. The van der Waals surface area contributed by atoms with Crippen LogP contribution in [0.4, 0.5) is 0 Å². The van der Waals surface area contributed by atoms with Crippen LogP contribution >= 0.6 is 0 Å². The second-order valence-corrected chi connectivity index (χ2v) is 4.81. The third-order valence-corrected chi connectivity index (χ3v) is 3.45. The molecule has 0 unspecified atom stereocenters. The summed E-state index contributed by atoms with van der Waals surface area (Å²) in [6.45, 7) is 3.34. The van der Waals surface area contributed by atoms with Crippen molar-refractivity contribution in [2.45, 2.75) is 25.8 Å². The van der Waals surface area contributed by atoms with Gasteiger partial charge in [0.25, 0.3) is 0 Å². The van der Waals surface area contributed by atoms with E-state index in [2.05, 4.69) is 27.3 Å². The summed E-state index contributed by atoms with van der Waals surface area (Å²) in [6.07, 6.45) is 5.87. The maximum absolute atomic E-state index is 4.19. The Morgan fingerprint density at radius 1 is 1.00 bits per heavy atom. The number of aromatic nitrogens is 3. The Balaban J connectivity index is 1.79. The van der Waals surface area contributed by atoms with Gasteiger partial charge in [0.1, 0.15) is 0 Å². The first kappa shape index (κ1) is 11.4. The van der Waals surface area contributed by atoms with E-state index in [1.54, 1.807) is 0 Å². The van der Waals surface area contributed by atoms with Crippen LogP contribution in [-0.2, 0) is 6.54 Å². The Labute approximate surface area is 107 Å². The molecule has 1 fully saturated rings. The number of para-hydroxylation sites is 1. The lowest BCUT2D eigenvalue weighted by Crippen LogP contribution is -2.30. The molecule has 0 amide bonds. The Kier molecular flexibility index (Phi) is 3.37. The van der Waals surface area contributed by atoms with E-state index < -0.39 is 0 Å². The monoisotopic (exact) mass is 242 g/mol. The van der Waals surface area contributed by atoms with E-state index in [1.807, 2.05) is 29.1 Å². The Morgan fingerprint density at radius 2 is 1.78 bits per heavy atom. The number of piperidine rings is 1. The van der Waals surface area contributed by atoms with Crippen LogP contribution in [0.2, 0.25) is 0 Å². The van der Waals surface area contributed by atoms with Gasteiger partial charge in [-0.25, -0.2) is 4.68 Å². The van der Waals surface area contributed by atoms with Crippen molar-refractivity contribution in [2.24, 2.45) is 0 Å². The van der Waals surface area contributed by atoms with Gasteiger partial charge in [-0.1, -0.05) is 29.8 Å². The Bertz CT molecular complexity index is 486. The lowest BCUT2D eigenvalue weighted by molar-refractivity contribution is 0.217. The van der Waals surface area contributed by atoms with Crippen molar-refractivity contribution >= 4 is 0 Å². The van der Waals surface area contributed by atoms with Gasteiger partial charge in [0.15, 0.2) is 0 Å². The molecule has 3 rings (SSSR count). The fourth-order valence-corrected chi connectivity index (χ4v) is 2.50. The third-order valence-electron chi connectivity index (χ3n) is 3.45. The molecular formula is C14H18N4. The fraction of sp³-hybridized carbons (Fsp3) is 0.429. The summed E-state index contributed by atoms with van der Waals surface area (Å²) in [5.41, 5.74) is 2.25. The van der Waals surface area contributed by atoms with Crippen LogP contribution in [0.1, 0.15) is 25.0 Å². The van der Waals surface area contributed by atoms with Crippen LogP contribution in [0.5, 0.6) is 0 Å². The predicted molar refractivity (Wildman–Crippen MR) is 70.5 cm³/mol. The van der Waals surface area contributed by atoms with Crippen LogP contribution in [0, 0.1) is 0 Å². The maximum Gasteiger partial charge on any atom is 0.0785 e. The smallest absolute Gasteiger partial charge is 0.0785 e. The van der Waals surface area contributed by atoms with Crippen molar-refractivity contribution in [3.8, 4) is 5.69 Å².